The van der Waals surface area contributed by atoms with Crippen LogP contribution in [0.5, 0.6) is 0 Å². The standard InChI is InChI=1S/C30H50N4O8.C4H10.C2H6.CH5N/c1-9-30(7,8)19-13-22(26(38)32-21(12-18(2)3)23(36)16-35)34(15-19)27(39)25(29(4,5)6)33-28(40)31-14-24(37)42-20-10-11-41-17-20;1-4(2)3;2*1-2/h16,18-22,25H,9-15,17H2,1-8H3,(H,32,38)(H2,31,33,40);4H,1-3H3;1-2H3;2H2,1H3/t19-,20?,21?,22?,25?;;;/m1.../s1. The molecule has 0 aromatic carbocycles. The van der Waals surface area contributed by atoms with Crippen LogP contribution in [0.25, 0.3) is 0 Å². The van der Waals surface area contributed by atoms with Gasteiger partial charge in [-0.25, -0.2) is 4.79 Å². The van der Waals surface area contributed by atoms with Crippen molar-refractivity contribution in [2.45, 2.75) is 140 Å². The lowest BCUT2D eigenvalue weighted by Crippen LogP contribution is -2.60. The molecule has 13 heteroatoms. The van der Waals surface area contributed by atoms with Gasteiger partial charge in [0.1, 0.15) is 24.7 Å². The summed E-state index contributed by atoms with van der Waals surface area (Å²) in [4.78, 5) is 77.7. The van der Waals surface area contributed by atoms with Gasteiger partial charge >= 0.3 is 12.0 Å². The second-order valence-corrected chi connectivity index (χ2v) is 15.3. The molecule has 0 saturated carbocycles. The molecule has 5 atom stereocenters. The summed E-state index contributed by atoms with van der Waals surface area (Å²) in [5.41, 5.74) is 3.57. The highest BCUT2D eigenvalue weighted by atomic mass is 16.6. The summed E-state index contributed by atoms with van der Waals surface area (Å²) in [6.45, 7) is 26.6. The van der Waals surface area contributed by atoms with E-state index in [1.165, 1.54) is 11.9 Å². The maximum atomic E-state index is 14.1. The van der Waals surface area contributed by atoms with Crippen LogP contribution >= 0.6 is 0 Å². The second-order valence-electron chi connectivity index (χ2n) is 15.3. The van der Waals surface area contributed by atoms with E-state index in [0.717, 1.165) is 12.3 Å². The summed E-state index contributed by atoms with van der Waals surface area (Å²) >= 11 is 0. The lowest BCUT2D eigenvalue weighted by molar-refractivity contribution is -0.147. The van der Waals surface area contributed by atoms with Crippen molar-refractivity contribution in [1.29, 1.82) is 0 Å². The van der Waals surface area contributed by atoms with Gasteiger partial charge in [0, 0.05) is 13.0 Å². The Morgan fingerprint density at radius 1 is 0.980 bits per heavy atom. The monoisotopic (exact) mass is 714 g/mol. The van der Waals surface area contributed by atoms with E-state index < -0.39 is 53.1 Å². The van der Waals surface area contributed by atoms with Crippen LogP contribution in [0.1, 0.15) is 116 Å². The summed E-state index contributed by atoms with van der Waals surface area (Å²) in [5, 5.41) is 7.88. The van der Waals surface area contributed by atoms with E-state index in [4.69, 9.17) is 9.47 Å². The SMILES string of the molecule is CC.CC(C)C.CCC(C)(C)[C@@H]1CC(C(=O)NC(CC(C)C)C(=O)C=O)N(C(=O)C(NC(=O)NCC(=O)OC2CCOC2)C(C)(C)C)C1.CN. The second kappa shape index (κ2) is 24.2. The Morgan fingerprint density at radius 3 is 1.98 bits per heavy atom. The molecule has 5 N–H and O–H groups in total. The number of carbonyl (C=O) groups excluding carboxylic acids is 6. The van der Waals surface area contributed by atoms with E-state index >= 15 is 0 Å². The molecule has 2 heterocycles. The zero-order valence-electron chi connectivity index (χ0n) is 33.6. The van der Waals surface area contributed by atoms with Crippen molar-refractivity contribution in [3.05, 3.63) is 0 Å². The Morgan fingerprint density at radius 2 is 1.54 bits per heavy atom. The van der Waals surface area contributed by atoms with Gasteiger partial charge in [-0.1, -0.05) is 96.4 Å². The van der Waals surface area contributed by atoms with Gasteiger partial charge in [0.2, 0.25) is 17.6 Å². The van der Waals surface area contributed by atoms with Crippen molar-refractivity contribution in [3.8, 4) is 0 Å². The molecule has 2 aliphatic rings. The third kappa shape index (κ3) is 17.7. The molecule has 0 radical (unpaired) electrons. The van der Waals surface area contributed by atoms with Crippen LogP contribution in [0, 0.1) is 28.6 Å². The van der Waals surface area contributed by atoms with Crippen LogP contribution in [0.3, 0.4) is 0 Å². The quantitative estimate of drug-likeness (QED) is 0.123. The van der Waals surface area contributed by atoms with Crippen molar-refractivity contribution in [3.63, 3.8) is 0 Å². The van der Waals surface area contributed by atoms with E-state index in [-0.39, 0.29) is 42.6 Å². The number of amides is 4. The smallest absolute Gasteiger partial charge is 0.325 e. The van der Waals surface area contributed by atoms with Crippen molar-refractivity contribution in [2.24, 2.45) is 34.3 Å². The molecule has 0 spiro atoms. The minimum atomic E-state index is -1.03. The number of ether oxygens (including phenoxy) is 2. The first kappa shape index (κ1) is 49.1. The molecule has 0 aliphatic carbocycles. The van der Waals surface area contributed by atoms with Gasteiger partial charge in [-0.05, 0) is 48.5 Å². The van der Waals surface area contributed by atoms with Gasteiger partial charge in [0.25, 0.3) is 0 Å². The van der Waals surface area contributed by atoms with E-state index in [1.54, 1.807) is 20.8 Å². The molecule has 4 amide bonds. The van der Waals surface area contributed by atoms with Gasteiger partial charge in [0.15, 0.2) is 6.29 Å². The van der Waals surface area contributed by atoms with Gasteiger partial charge < -0.3 is 36.1 Å². The first-order valence-corrected chi connectivity index (χ1v) is 18.2. The number of Topliss-reactive ketones (excluding diaryl/α,β-unsaturated/α-hetero) is 1. The molecule has 50 heavy (non-hydrogen) atoms. The number of nitrogens with zero attached hydrogens (tertiary/aromatic N) is 1. The molecule has 2 aliphatic heterocycles. The number of esters is 1. The third-order valence-corrected chi connectivity index (χ3v) is 8.35. The maximum absolute atomic E-state index is 14.1. The molecule has 0 aromatic rings. The highest BCUT2D eigenvalue weighted by Gasteiger charge is 2.48. The van der Waals surface area contributed by atoms with Gasteiger partial charge in [-0.2, -0.15) is 0 Å². The Balaban J connectivity index is 0. The molecular weight excluding hydrogens is 642 g/mol. The number of hydrogen-bond acceptors (Lipinski definition) is 9. The zero-order valence-corrected chi connectivity index (χ0v) is 33.6. The largest absolute Gasteiger partial charge is 0.459 e. The van der Waals surface area contributed by atoms with Crippen LogP contribution in [-0.2, 0) is 33.4 Å². The average molecular weight is 714 g/mol. The minimum absolute atomic E-state index is 0.0173. The fraction of sp³-hybridized carbons (Fsp3) is 0.838. The number of hydrogen-bond donors (Lipinski definition) is 4. The first-order chi connectivity index (χ1) is 23.2. The van der Waals surface area contributed by atoms with E-state index in [9.17, 15) is 28.8 Å². The molecule has 2 saturated heterocycles. The molecule has 292 valence electrons. The van der Waals surface area contributed by atoms with E-state index in [2.05, 4.69) is 63.2 Å². The zero-order chi connectivity index (χ0) is 39.4. The predicted molar refractivity (Wildman–Crippen MR) is 197 cm³/mol. The number of carbonyl (C=O) groups is 6. The van der Waals surface area contributed by atoms with Crippen molar-refractivity contribution >= 4 is 35.9 Å². The molecule has 4 unspecified atom stereocenters. The lowest BCUT2D eigenvalue weighted by Gasteiger charge is -2.36. The Kier molecular flexibility index (Phi) is 23.7. The topological polar surface area (TPSA) is 186 Å². The number of nitrogens with two attached hydrogens (primary N) is 1. The van der Waals surface area contributed by atoms with Crippen LogP contribution in [0.15, 0.2) is 0 Å². The van der Waals surface area contributed by atoms with Crippen molar-refractivity contribution < 1.29 is 38.2 Å². The lowest BCUT2D eigenvalue weighted by atomic mass is 9.75. The van der Waals surface area contributed by atoms with Crippen LogP contribution in [0.2, 0.25) is 0 Å². The van der Waals surface area contributed by atoms with E-state index in [1.807, 2.05) is 27.7 Å². The Bertz CT molecular complexity index is 1050. The number of rotatable bonds is 13. The van der Waals surface area contributed by atoms with Gasteiger partial charge in [-0.3, -0.25) is 24.0 Å². The Hall–Kier alpha value is -3.06. The maximum Gasteiger partial charge on any atom is 0.325 e. The summed E-state index contributed by atoms with van der Waals surface area (Å²) in [5.74, 6) is -1.42. The number of aldehydes is 1. The highest BCUT2D eigenvalue weighted by Crippen LogP contribution is 2.40. The minimum Gasteiger partial charge on any atom is -0.459 e. The van der Waals surface area contributed by atoms with Crippen LogP contribution < -0.4 is 21.7 Å². The van der Waals surface area contributed by atoms with Crippen molar-refractivity contribution in [1.82, 2.24) is 20.9 Å². The normalized spacial score (nSPS) is 19.7. The Labute approximate surface area is 302 Å². The van der Waals surface area contributed by atoms with Crippen LogP contribution in [0.4, 0.5) is 4.79 Å². The molecule has 0 bridgehead atoms. The van der Waals surface area contributed by atoms with Gasteiger partial charge in [0.05, 0.1) is 19.3 Å². The summed E-state index contributed by atoms with van der Waals surface area (Å²) in [6.07, 6.45) is 1.95. The third-order valence-electron chi connectivity index (χ3n) is 8.35. The van der Waals surface area contributed by atoms with Crippen LogP contribution in [-0.4, -0.2) is 98.4 Å². The fourth-order valence-electron chi connectivity index (χ4n) is 5.23. The number of likely N-dealkylation sites (tertiary alicyclic amines) is 1. The summed E-state index contributed by atoms with van der Waals surface area (Å²) in [7, 11) is 1.50. The first-order valence-electron chi connectivity index (χ1n) is 18.2. The fourth-order valence-corrected chi connectivity index (χ4v) is 5.23. The molecular formula is C37H71N5O8. The predicted octanol–water partition coefficient (Wildman–Crippen LogP) is 4.25. The highest BCUT2D eigenvalue weighted by molar-refractivity contribution is 6.28. The van der Waals surface area contributed by atoms with Crippen molar-refractivity contribution in [2.75, 3.05) is 33.4 Å². The molecule has 13 nitrogen and oxygen atoms in total. The molecule has 2 rings (SSSR count). The average Bonchev–Trinajstić information content (AvgIpc) is 3.73. The molecule has 0 aromatic heterocycles. The molecule has 2 fully saturated rings. The number of urea groups is 1. The number of nitrogens with one attached hydrogen (secondary N) is 3. The summed E-state index contributed by atoms with van der Waals surface area (Å²) < 4.78 is 10.5. The summed E-state index contributed by atoms with van der Waals surface area (Å²) in [6, 6.07) is -3.62. The van der Waals surface area contributed by atoms with Gasteiger partial charge in [-0.15, -0.1) is 0 Å². The number of ketones is 1. The van der Waals surface area contributed by atoms with E-state index in [0.29, 0.717) is 32.6 Å².